The maximum Gasteiger partial charge on any atom is 0.378 e. The lowest BCUT2D eigenvalue weighted by Gasteiger charge is -2.45. The van der Waals surface area contributed by atoms with E-state index < -0.39 is 24.7 Å². The molecule has 0 spiro atoms. The molecule has 5 atom stereocenters. The molecule has 2 fully saturated rings. The normalized spacial score (nSPS) is 25.3. The molecule has 9 nitrogen and oxygen atoms in total. The number of carbonyl (C=O) groups is 3. The van der Waals surface area contributed by atoms with Gasteiger partial charge in [-0.25, -0.2) is 4.98 Å². The molecule has 4 rings (SSSR count). The third-order valence-corrected chi connectivity index (χ3v) is 7.18. The number of amides is 1. The van der Waals surface area contributed by atoms with Crippen molar-refractivity contribution >= 4 is 24.3 Å². The van der Waals surface area contributed by atoms with Crippen molar-refractivity contribution in [2.45, 2.75) is 70.9 Å². The Morgan fingerprint density at radius 1 is 1.19 bits per heavy atom. The molecule has 36 heavy (non-hydrogen) atoms. The van der Waals surface area contributed by atoms with Gasteiger partial charge in [-0.2, -0.15) is 0 Å². The fourth-order valence-electron chi connectivity index (χ4n) is 5.61. The van der Waals surface area contributed by atoms with Crippen molar-refractivity contribution < 1.29 is 23.7 Å². The van der Waals surface area contributed by atoms with Crippen molar-refractivity contribution in [2.24, 2.45) is 5.92 Å². The molecule has 192 valence electrons. The topological polar surface area (TPSA) is 111 Å². The molecular formula is C26H34BN4O5-. The number of nitrogens with zero attached hydrogens (tertiary/aromatic N) is 3. The van der Waals surface area contributed by atoms with Crippen LogP contribution in [0.15, 0.2) is 48.9 Å². The van der Waals surface area contributed by atoms with Gasteiger partial charge in [0.25, 0.3) is 11.9 Å². The minimum atomic E-state index is -2.12. The fourth-order valence-corrected chi connectivity index (χ4v) is 5.61. The van der Waals surface area contributed by atoms with Crippen LogP contribution in [0.3, 0.4) is 0 Å². The molecule has 10 heteroatoms. The van der Waals surface area contributed by atoms with Gasteiger partial charge < -0.3 is 19.4 Å². The number of hydrogen-bond donors (Lipinski definition) is 1. The Bertz CT molecular complexity index is 1090. The zero-order valence-electron chi connectivity index (χ0n) is 21.3. The summed E-state index contributed by atoms with van der Waals surface area (Å²) in [5, 5.41) is 2.87. The van der Waals surface area contributed by atoms with E-state index in [0.29, 0.717) is 19.4 Å². The molecule has 1 N–H and O–H groups in total. The summed E-state index contributed by atoms with van der Waals surface area (Å²) in [6, 6.07) is 8.34. The fraction of sp³-hybridized carbons (Fsp3) is 0.500. The lowest BCUT2D eigenvalue weighted by Crippen LogP contribution is -2.56. The highest BCUT2D eigenvalue weighted by Gasteiger charge is 2.58. The first-order chi connectivity index (χ1) is 17.2. The van der Waals surface area contributed by atoms with Gasteiger partial charge in [0.05, 0.1) is 18.3 Å². The van der Waals surface area contributed by atoms with E-state index in [0.717, 1.165) is 5.56 Å². The van der Waals surface area contributed by atoms with Crippen LogP contribution < -0.4 is 5.32 Å². The number of carbonyl (C=O) groups excluding carboxylic acids is 3. The lowest BCUT2D eigenvalue weighted by atomic mass is 9.53. The summed E-state index contributed by atoms with van der Waals surface area (Å²) in [4.78, 5) is 49.4. The highest BCUT2D eigenvalue weighted by molar-refractivity contribution is 6.70. The van der Waals surface area contributed by atoms with Crippen molar-refractivity contribution in [2.75, 3.05) is 6.61 Å². The van der Waals surface area contributed by atoms with Crippen LogP contribution in [0.25, 0.3) is 0 Å². The zero-order valence-corrected chi connectivity index (χ0v) is 21.3. The molecule has 0 saturated carbocycles. The Hall–Kier alpha value is -3.11. The molecule has 1 unspecified atom stereocenters. The third-order valence-electron chi connectivity index (χ3n) is 7.18. The van der Waals surface area contributed by atoms with E-state index in [1.54, 1.807) is 0 Å². The number of fused-ring (bicyclic) bond motifs is 1. The monoisotopic (exact) mass is 493 g/mol. The Morgan fingerprint density at radius 2 is 1.94 bits per heavy atom. The van der Waals surface area contributed by atoms with Gasteiger partial charge in [0, 0.05) is 19.0 Å². The summed E-state index contributed by atoms with van der Waals surface area (Å²) < 4.78 is 12.2. The van der Waals surface area contributed by atoms with Crippen LogP contribution >= 0.6 is 0 Å². The first-order valence-electron chi connectivity index (χ1n) is 12.6. The van der Waals surface area contributed by atoms with E-state index in [4.69, 9.17) is 9.31 Å². The van der Waals surface area contributed by atoms with E-state index in [9.17, 15) is 14.4 Å². The summed E-state index contributed by atoms with van der Waals surface area (Å²) in [7, 11) is 0. The molecule has 1 aromatic carbocycles. The number of aromatic nitrogens is 2. The molecule has 3 heterocycles. The molecule has 0 radical (unpaired) electrons. The van der Waals surface area contributed by atoms with E-state index >= 15 is 0 Å². The van der Waals surface area contributed by atoms with Gasteiger partial charge in [0.2, 0.25) is 0 Å². The average molecular weight is 493 g/mol. The first kappa shape index (κ1) is 26.0. The number of Topliss-reactive ketones (excluding diaryl/α,β-unsaturated/α-hetero) is 1. The van der Waals surface area contributed by atoms with Crippen LogP contribution in [0.2, 0.25) is 5.82 Å². The van der Waals surface area contributed by atoms with Crippen LogP contribution in [0, 0.1) is 5.92 Å². The van der Waals surface area contributed by atoms with Crippen LogP contribution in [0.1, 0.15) is 56.6 Å². The Morgan fingerprint density at radius 3 is 2.61 bits per heavy atom. The van der Waals surface area contributed by atoms with Crippen molar-refractivity contribution in [1.29, 1.82) is 0 Å². The van der Waals surface area contributed by atoms with Crippen LogP contribution in [0.5, 0.6) is 0 Å². The number of nitrogens with one attached hydrogen (secondary N) is 1. The maximum atomic E-state index is 13.8. The zero-order chi connectivity index (χ0) is 25.9. The van der Waals surface area contributed by atoms with Gasteiger partial charge >= 0.3 is 6.69 Å². The summed E-state index contributed by atoms with van der Waals surface area (Å²) in [6.07, 6.45) is 5.38. The van der Waals surface area contributed by atoms with Crippen molar-refractivity contribution in [1.82, 2.24) is 20.1 Å². The van der Waals surface area contributed by atoms with Gasteiger partial charge in [-0.05, 0) is 37.3 Å². The van der Waals surface area contributed by atoms with E-state index in [2.05, 4.69) is 29.1 Å². The average Bonchev–Trinajstić information content (AvgIpc) is 3.33. The molecule has 2 aliphatic heterocycles. The summed E-state index contributed by atoms with van der Waals surface area (Å²) in [5.41, 5.74) is 1.07. The van der Waals surface area contributed by atoms with Crippen molar-refractivity contribution in [3.8, 4) is 0 Å². The molecule has 0 aliphatic carbocycles. The molecule has 0 bridgehead atoms. The van der Waals surface area contributed by atoms with Gasteiger partial charge in [0.1, 0.15) is 5.69 Å². The van der Waals surface area contributed by atoms with Gasteiger partial charge in [-0.1, -0.05) is 63.3 Å². The largest absolute Gasteiger partial charge is 0.652 e. The van der Waals surface area contributed by atoms with Crippen LogP contribution in [0.4, 0.5) is 0 Å². The number of ketones is 1. The molecule has 2 aliphatic rings. The smallest absolute Gasteiger partial charge is 0.378 e. The SMILES string of the molecule is CC(C)C[C@H](CC(=O)[C@H](Cc1ccccc1)NC(=O)c1cnccn1)[B-]12OC[C@@H](C)N1[C@@H](C)C(=O)O2. The highest BCUT2D eigenvalue weighted by Crippen LogP contribution is 2.45. The minimum absolute atomic E-state index is 0.00712. The van der Waals surface area contributed by atoms with E-state index in [-0.39, 0.29) is 41.6 Å². The lowest BCUT2D eigenvalue weighted by molar-refractivity contribution is -0.136. The predicted molar refractivity (Wildman–Crippen MR) is 135 cm³/mol. The van der Waals surface area contributed by atoms with Crippen LogP contribution in [-0.4, -0.2) is 63.9 Å². The molecule has 2 aromatic rings. The van der Waals surface area contributed by atoms with E-state index in [1.807, 2.05) is 49.0 Å². The second kappa shape index (κ2) is 10.9. The number of rotatable bonds is 10. The summed E-state index contributed by atoms with van der Waals surface area (Å²) in [6.45, 7) is 6.30. The van der Waals surface area contributed by atoms with Gasteiger partial charge in [-0.3, -0.25) is 19.4 Å². The van der Waals surface area contributed by atoms with Gasteiger partial charge in [-0.15, -0.1) is 0 Å². The molecule has 1 amide bonds. The quantitative estimate of drug-likeness (QED) is 0.503. The number of benzene rings is 1. The summed E-state index contributed by atoms with van der Waals surface area (Å²) in [5.74, 6) is -1.01. The molecule has 1 aromatic heterocycles. The van der Waals surface area contributed by atoms with E-state index in [1.165, 1.54) is 18.6 Å². The van der Waals surface area contributed by atoms with Crippen LogP contribution in [-0.2, 0) is 25.3 Å². The van der Waals surface area contributed by atoms with Gasteiger partial charge in [0.15, 0.2) is 5.78 Å². The maximum absolute atomic E-state index is 13.8. The Kier molecular flexibility index (Phi) is 7.85. The van der Waals surface area contributed by atoms with Crippen molar-refractivity contribution in [3.63, 3.8) is 0 Å². The summed E-state index contributed by atoms with van der Waals surface area (Å²) >= 11 is 0. The standard InChI is InChI=1S/C26H34BN4O5/c1-17(2)12-21(27-31(18(3)16-35-27)19(4)26(34)36-27)14-24(32)22(13-20-8-6-5-7-9-20)30-25(33)23-15-28-10-11-29-23/h5-11,15,17-19,21-22H,12-14,16H2,1-4H3,(H,30,33)/q-1/t18-,19+,21-,22+,27?/m1/s1. The highest BCUT2D eigenvalue weighted by atomic mass is 16.7. The minimum Gasteiger partial charge on any atom is -0.652 e. The first-order valence-corrected chi connectivity index (χ1v) is 12.6. The molecular weight excluding hydrogens is 459 g/mol. The predicted octanol–water partition coefficient (Wildman–Crippen LogP) is 2.80. The Labute approximate surface area is 212 Å². The third kappa shape index (κ3) is 5.34. The molecule has 2 saturated heterocycles. The Balaban J connectivity index is 1.60. The van der Waals surface area contributed by atoms with Crippen molar-refractivity contribution in [3.05, 3.63) is 60.2 Å². The second-order valence-electron chi connectivity index (χ2n) is 10.3. The number of hydrogen-bond acceptors (Lipinski definition) is 8. The second-order valence-corrected chi connectivity index (χ2v) is 10.3.